The Morgan fingerprint density at radius 3 is 2.41 bits per heavy atom. The van der Waals surface area contributed by atoms with E-state index in [1.165, 1.54) is 15.9 Å². The molecule has 0 radical (unpaired) electrons. The van der Waals surface area contributed by atoms with Crippen molar-refractivity contribution in [2.75, 3.05) is 50.8 Å². The Morgan fingerprint density at radius 2 is 1.76 bits per heavy atom. The van der Waals surface area contributed by atoms with Crippen LogP contribution in [0.3, 0.4) is 0 Å². The fourth-order valence-electron chi connectivity index (χ4n) is 4.89. The van der Waals surface area contributed by atoms with E-state index in [0.717, 1.165) is 6.42 Å². The molecule has 13 heteroatoms. The Balaban J connectivity index is 1.55. The second-order valence-corrected chi connectivity index (χ2v) is 10.0. The van der Waals surface area contributed by atoms with Gasteiger partial charge in [0.1, 0.15) is 17.6 Å². The number of nitrogens with zero attached hydrogens (tertiary/aromatic N) is 5. The minimum absolute atomic E-state index is 0.0224. The van der Waals surface area contributed by atoms with Gasteiger partial charge in [-0.3, -0.25) is 14.4 Å². The monoisotopic (exact) mass is 568 g/mol. The van der Waals surface area contributed by atoms with Crippen LogP contribution in [0, 0.1) is 0 Å². The Morgan fingerprint density at radius 1 is 1.05 bits per heavy atom. The van der Waals surface area contributed by atoms with Gasteiger partial charge < -0.3 is 35.0 Å². The number of hydrogen-bond donors (Lipinski definition) is 3. The lowest BCUT2D eigenvalue weighted by Crippen LogP contribution is -2.56. The molecule has 0 bridgehead atoms. The molecule has 0 saturated carbocycles. The predicted octanol–water partition coefficient (Wildman–Crippen LogP) is 1.37. The second-order valence-electron chi connectivity index (χ2n) is 10.0. The third-order valence-corrected chi connectivity index (χ3v) is 7.07. The number of aliphatic hydroxyl groups excluding tert-OH is 1. The number of carbonyl (C=O) groups excluding carboxylic acids is 3. The molecule has 2 aliphatic heterocycles. The maximum atomic E-state index is 13.5. The SMILES string of the molecule is CCOC(=O)N1CCN(C(=O)[C@H](CCC(=O)O)NC(=O)c2cc(N3CCCC(O)C3)nc(-c3ccccc3)n2)CC1. The lowest BCUT2D eigenvalue weighted by Gasteiger charge is -2.36. The number of ether oxygens (including phenoxy) is 1. The number of rotatable bonds is 9. The van der Waals surface area contributed by atoms with Crippen molar-refractivity contribution in [3.8, 4) is 11.4 Å². The highest BCUT2D eigenvalue weighted by Gasteiger charge is 2.31. The number of aliphatic carboxylic acids is 1. The molecule has 3 amide bonds. The van der Waals surface area contributed by atoms with Crippen molar-refractivity contribution >= 4 is 29.7 Å². The minimum atomic E-state index is -1.11. The summed E-state index contributed by atoms with van der Waals surface area (Å²) in [6.07, 6.45) is 0.0449. The summed E-state index contributed by atoms with van der Waals surface area (Å²) in [5.41, 5.74) is 0.716. The molecular weight excluding hydrogens is 532 g/mol. The van der Waals surface area contributed by atoms with Crippen LogP contribution < -0.4 is 10.2 Å². The summed E-state index contributed by atoms with van der Waals surface area (Å²) in [5.74, 6) is -1.37. The molecule has 2 atom stereocenters. The number of piperidine rings is 1. The molecule has 1 aromatic heterocycles. The summed E-state index contributed by atoms with van der Waals surface area (Å²) in [6.45, 7) is 3.96. The average molecular weight is 569 g/mol. The smallest absolute Gasteiger partial charge is 0.409 e. The first-order valence-electron chi connectivity index (χ1n) is 13.9. The number of piperazine rings is 1. The van der Waals surface area contributed by atoms with Gasteiger partial charge in [-0.1, -0.05) is 30.3 Å². The largest absolute Gasteiger partial charge is 0.481 e. The number of carboxylic acids is 1. The molecule has 220 valence electrons. The summed E-state index contributed by atoms with van der Waals surface area (Å²) in [4.78, 5) is 64.4. The number of aliphatic hydroxyl groups is 1. The Kier molecular flexibility index (Phi) is 10.1. The number of β-amino-alcohol motifs (C(OH)–C–C–N with tert-alkyl or cyclic N) is 1. The molecule has 3 heterocycles. The van der Waals surface area contributed by atoms with Gasteiger partial charge in [0.2, 0.25) is 5.91 Å². The van der Waals surface area contributed by atoms with Crippen LogP contribution in [0.15, 0.2) is 36.4 Å². The van der Waals surface area contributed by atoms with Gasteiger partial charge in [-0.05, 0) is 26.2 Å². The van der Waals surface area contributed by atoms with Gasteiger partial charge in [0, 0.05) is 57.3 Å². The van der Waals surface area contributed by atoms with E-state index < -0.39 is 36.0 Å². The standard InChI is InChI=1S/C28H36N6O7/c1-2-41-28(40)33-15-13-32(14-16-33)27(39)21(10-11-24(36)37)30-26(38)22-17-23(34-12-6-9-20(35)18-34)31-25(29-22)19-7-4-3-5-8-19/h3-5,7-8,17,20-21,35H,2,6,9-16,18H2,1H3,(H,30,38)(H,36,37)/t20?,21-/m0/s1. The van der Waals surface area contributed by atoms with Gasteiger partial charge >= 0.3 is 12.1 Å². The van der Waals surface area contributed by atoms with Crippen LogP contribution in [0.2, 0.25) is 0 Å². The van der Waals surface area contributed by atoms with E-state index in [0.29, 0.717) is 36.7 Å². The summed E-state index contributed by atoms with van der Waals surface area (Å²) in [6, 6.07) is 9.57. The number of hydrogen-bond acceptors (Lipinski definition) is 9. The van der Waals surface area contributed by atoms with E-state index >= 15 is 0 Å². The normalized spacial score (nSPS) is 18.0. The van der Waals surface area contributed by atoms with Gasteiger partial charge in [-0.15, -0.1) is 0 Å². The van der Waals surface area contributed by atoms with E-state index in [1.807, 2.05) is 35.2 Å². The Labute approximate surface area is 238 Å². The lowest BCUT2D eigenvalue weighted by molar-refractivity contribution is -0.138. The van der Waals surface area contributed by atoms with Gasteiger partial charge in [0.15, 0.2) is 5.82 Å². The zero-order chi connectivity index (χ0) is 29.4. The van der Waals surface area contributed by atoms with E-state index in [-0.39, 0.29) is 51.3 Å². The van der Waals surface area contributed by atoms with Crippen LogP contribution in [0.1, 0.15) is 43.1 Å². The molecule has 1 aromatic carbocycles. The van der Waals surface area contributed by atoms with E-state index in [2.05, 4.69) is 15.3 Å². The topological polar surface area (TPSA) is 166 Å². The van der Waals surface area contributed by atoms with E-state index in [9.17, 15) is 29.4 Å². The highest BCUT2D eigenvalue weighted by atomic mass is 16.6. The zero-order valence-electron chi connectivity index (χ0n) is 23.1. The highest BCUT2D eigenvalue weighted by Crippen LogP contribution is 2.23. The minimum Gasteiger partial charge on any atom is -0.481 e. The zero-order valence-corrected chi connectivity index (χ0v) is 23.1. The van der Waals surface area contributed by atoms with Crippen molar-refractivity contribution in [2.24, 2.45) is 0 Å². The fraction of sp³-hybridized carbons (Fsp3) is 0.500. The molecule has 41 heavy (non-hydrogen) atoms. The quantitative estimate of drug-likeness (QED) is 0.402. The number of carbonyl (C=O) groups is 4. The van der Waals surface area contributed by atoms with Crippen molar-refractivity contribution in [1.29, 1.82) is 0 Å². The first-order valence-corrected chi connectivity index (χ1v) is 13.9. The summed E-state index contributed by atoms with van der Waals surface area (Å²) >= 11 is 0. The van der Waals surface area contributed by atoms with E-state index in [4.69, 9.17) is 4.74 Å². The molecule has 1 unspecified atom stereocenters. The molecule has 13 nitrogen and oxygen atoms in total. The predicted molar refractivity (Wildman–Crippen MR) is 148 cm³/mol. The molecule has 2 aromatic rings. The molecule has 4 rings (SSSR count). The van der Waals surface area contributed by atoms with Crippen LogP contribution in [0.5, 0.6) is 0 Å². The Bertz CT molecular complexity index is 1240. The highest BCUT2D eigenvalue weighted by molar-refractivity contribution is 5.97. The number of benzene rings is 1. The van der Waals surface area contributed by atoms with Crippen molar-refractivity contribution in [3.63, 3.8) is 0 Å². The van der Waals surface area contributed by atoms with Gasteiger partial charge in [-0.2, -0.15) is 0 Å². The van der Waals surface area contributed by atoms with Crippen LogP contribution in [-0.2, 0) is 14.3 Å². The summed E-state index contributed by atoms with van der Waals surface area (Å²) < 4.78 is 5.02. The molecule has 0 aliphatic carbocycles. The maximum Gasteiger partial charge on any atom is 0.409 e. The third-order valence-electron chi connectivity index (χ3n) is 7.07. The van der Waals surface area contributed by atoms with Crippen LogP contribution in [0.4, 0.5) is 10.6 Å². The lowest BCUT2D eigenvalue weighted by atomic mass is 10.1. The van der Waals surface area contributed by atoms with Crippen molar-refractivity contribution in [2.45, 2.75) is 44.8 Å². The summed E-state index contributed by atoms with van der Waals surface area (Å²) in [7, 11) is 0. The molecule has 2 fully saturated rings. The molecule has 2 aliphatic rings. The second kappa shape index (κ2) is 13.9. The average Bonchev–Trinajstić information content (AvgIpc) is 2.99. The number of nitrogens with one attached hydrogen (secondary N) is 1. The number of carboxylic acid groups (broad SMARTS) is 1. The van der Waals surface area contributed by atoms with Crippen molar-refractivity contribution < 1.29 is 34.1 Å². The van der Waals surface area contributed by atoms with Crippen LogP contribution in [-0.4, -0.2) is 112 Å². The van der Waals surface area contributed by atoms with Gasteiger partial charge in [0.05, 0.1) is 12.7 Å². The number of aromatic nitrogens is 2. The van der Waals surface area contributed by atoms with Crippen LogP contribution >= 0.6 is 0 Å². The van der Waals surface area contributed by atoms with Crippen LogP contribution in [0.25, 0.3) is 11.4 Å². The first kappa shape index (κ1) is 29.7. The van der Waals surface area contributed by atoms with Crippen molar-refractivity contribution in [3.05, 3.63) is 42.1 Å². The van der Waals surface area contributed by atoms with Crippen molar-refractivity contribution in [1.82, 2.24) is 25.1 Å². The summed E-state index contributed by atoms with van der Waals surface area (Å²) in [5, 5.41) is 22.2. The molecule has 2 saturated heterocycles. The Hall–Kier alpha value is -4.26. The molecule has 3 N–H and O–H groups in total. The first-order chi connectivity index (χ1) is 19.7. The fourth-order valence-corrected chi connectivity index (χ4v) is 4.89. The maximum absolute atomic E-state index is 13.5. The number of amides is 3. The van der Waals surface area contributed by atoms with E-state index in [1.54, 1.807) is 6.92 Å². The van der Waals surface area contributed by atoms with Gasteiger partial charge in [-0.25, -0.2) is 14.8 Å². The molecular formula is C28H36N6O7. The third kappa shape index (κ3) is 7.91. The molecule has 0 spiro atoms. The number of anilines is 1. The van der Waals surface area contributed by atoms with Gasteiger partial charge in [0.25, 0.3) is 5.91 Å².